The molecule has 5 nitrogen and oxygen atoms in total. The lowest BCUT2D eigenvalue weighted by atomic mass is 10.0. The van der Waals surface area contributed by atoms with Crippen molar-refractivity contribution < 1.29 is 9.59 Å². The molecule has 2 N–H and O–H groups in total. The van der Waals surface area contributed by atoms with E-state index in [0.29, 0.717) is 0 Å². The maximum absolute atomic E-state index is 12.7. The lowest BCUT2D eigenvalue weighted by molar-refractivity contribution is -0.126. The van der Waals surface area contributed by atoms with Gasteiger partial charge in [-0.05, 0) is 32.0 Å². The van der Waals surface area contributed by atoms with Crippen LogP contribution in [0.4, 0.5) is 5.69 Å². The molecule has 2 heterocycles. The van der Waals surface area contributed by atoms with Crippen molar-refractivity contribution in [2.75, 3.05) is 18.0 Å². The average Bonchev–Trinajstić information content (AvgIpc) is 2.72. The number of nitrogens with one attached hydrogen (secondary N) is 2. The van der Waals surface area contributed by atoms with Gasteiger partial charge < -0.3 is 15.5 Å². The molecule has 5 heteroatoms. The predicted octanol–water partition coefficient (Wildman–Crippen LogP) is 0.962. The number of benzene rings is 1. The lowest BCUT2D eigenvalue weighted by Gasteiger charge is -2.32. The maximum atomic E-state index is 12.7. The lowest BCUT2D eigenvalue weighted by Crippen LogP contribution is -2.47. The first-order valence-electron chi connectivity index (χ1n) is 7.08. The first kappa shape index (κ1) is 13.1. The summed E-state index contributed by atoms with van der Waals surface area (Å²) in [7, 11) is 0. The third-order valence-corrected chi connectivity index (χ3v) is 4.01. The molecule has 0 bridgehead atoms. The largest absolute Gasteiger partial charge is 0.341 e. The molecule has 2 aliphatic heterocycles. The molecule has 2 aliphatic rings. The Balaban J connectivity index is 1.95. The highest BCUT2D eigenvalue weighted by Crippen LogP contribution is 2.38. The van der Waals surface area contributed by atoms with Gasteiger partial charge in [0, 0.05) is 24.2 Å². The van der Waals surface area contributed by atoms with Crippen LogP contribution in [-0.2, 0) is 9.59 Å². The molecule has 0 aromatic heterocycles. The minimum atomic E-state index is -0.529. The number of anilines is 1. The van der Waals surface area contributed by atoms with Gasteiger partial charge in [-0.1, -0.05) is 18.2 Å². The molecule has 3 rings (SSSR count). The number of piperidine rings is 1. The number of para-hydroxylation sites is 1. The van der Waals surface area contributed by atoms with E-state index in [1.54, 1.807) is 0 Å². The first-order chi connectivity index (χ1) is 9.68. The fraction of sp³-hybridized carbons (Fsp3) is 0.467. The molecule has 0 aliphatic carbocycles. The Labute approximate surface area is 118 Å². The van der Waals surface area contributed by atoms with Gasteiger partial charge in [0.15, 0.2) is 0 Å². The van der Waals surface area contributed by atoms with Crippen molar-refractivity contribution >= 4 is 17.5 Å². The molecule has 0 saturated carbocycles. The number of rotatable bonds is 2. The summed E-state index contributed by atoms with van der Waals surface area (Å²) in [6, 6.07) is 7.44. The Hall–Kier alpha value is -1.88. The Morgan fingerprint density at radius 3 is 2.70 bits per heavy atom. The maximum Gasteiger partial charge on any atom is 0.254 e. The van der Waals surface area contributed by atoms with E-state index in [2.05, 4.69) is 10.6 Å². The van der Waals surface area contributed by atoms with E-state index in [-0.39, 0.29) is 17.9 Å². The number of carbonyl (C=O) groups excluding carboxylic acids is 2. The van der Waals surface area contributed by atoms with Gasteiger partial charge in [-0.15, -0.1) is 0 Å². The van der Waals surface area contributed by atoms with Gasteiger partial charge in [0.05, 0.1) is 0 Å². The summed E-state index contributed by atoms with van der Waals surface area (Å²) in [5, 5.41) is 6.08. The monoisotopic (exact) mass is 273 g/mol. The molecule has 20 heavy (non-hydrogen) atoms. The Morgan fingerprint density at radius 1 is 1.30 bits per heavy atom. The SMILES string of the molecule is CC(=O)NC1C(=O)N(C2CCNCC2)c2ccccc21. The van der Waals surface area contributed by atoms with Crippen molar-refractivity contribution in [3.05, 3.63) is 29.8 Å². The smallest absolute Gasteiger partial charge is 0.254 e. The van der Waals surface area contributed by atoms with Crippen molar-refractivity contribution in [1.82, 2.24) is 10.6 Å². The summed E-state index contributed by atoms with van der Waals surface area (Å²) in [5.74, 6) is -0.182. The van der Waals surface area contributed by atoms with E-state index in [0.717, 1.165) is 37.2 Å². The number of fused-ring (bicyclic) bond motifs is 1. The van der Waals surface area contributed by atoms with Gasteiger partial charge in [-0.2, -0.15) is 0 Å². The van der Waals surface area contributed by atoms with Crippen LogP contribution in [0.2, 0.25) is 0 Å². The molecule has 1 unspecified atom stereocenters. The quantitative estimate of drug-likeness (QED) is 0.844. The van der Waals surface area contributed by atoms with Crippen LogP contribution in [-0.4, -0.2) is 30.9 Å². The third kappa shape index (κ3) is 2.18. The zero-order valence-electron chi connectivity index (χ0n) is 11.6. The van der Waals surface area contributed by atoms with E-state index in [4.69, 9.17) is 0 Å². The summed E-state index contributed by atoms with van der Waals surface area (Å²) in [5.41, 5.74) is 1.86. The predicted molar refractivity (Wildman–Crippen MR) is 76.4 cm³/mol. The Morgan fingerprint density at radius 2 is 2.00 bits per heavy atom. The molecular weight excluding hydrogens is 254 g/mol. The zero-order valence-corrected chi connectivity index (χ0v) is 11.6. The Kier molecular flexibility index (Phi) is 3.44. The van der Waals surface area contributed by atoms with Gasteiger partial charge in [0.2, 0.25) is 5.91 Å². The number of amides is 2. The standard InChI is InChI=1S/C15H19N3O2/c1-10(19)17-14-12-4-2-3-5-13(12)18(15(14)20)11-6-8-16-9-7-11/h2-5,11,14,16H,6-9H2,1H3,(H,17,19). The summed E-state index contributed by atoms with van der Waals surface area (Å²) < 4.78 is 0. The second kappa shape index (κ2) is 5.25. The minimum absolute atomic E-state index is 0.00620. The number of nitrogens with zero attached hydrogens (tertiary/aromatic N) is 1. The summed E-state index contributed by atoms with van der Waals surface area (Å²) in [4.78, 5) is 25.9. The van der Waals surface area contributed by atoms with E-state index in [9.17, 15) is 9.59 Å². The van der Waals surface area contributed by atoms with Crippen LogP contribution >= 0.6 is 0 Å². The number of hydrogen-bond donors (Lipinski definition) is 2. The van der Waals surface area contributed by atoms with Gasteiger partial charge >= 0.3 is 0 Å². The topological polar surface area (TPSA) is 61.4 Å². The molecule has 0 radical (unpaired) electrons. The molecule has 0 spiro atoms. The van der Waals surface area contributed by atoms with E-state index in [1.165, 1.54) is 6.92 Å². The van der Waals surface area contributed by atoms with Crippen molar-refractivity contribution in [1.29, 1.82) is 0 Å². The Bertz CT molecular complexity index is 538. The van der Waals surface area contributed by atoms with Crippen LogP contribution in [0.25, 0.3) is 0 Å². The third-order valence-electron chi connectivity index (χ3n) is 4.01. The normalized spacial score (nSPS) is 22.8. The van der Waals surface area contributed by atoms with E-state index < -0.39 is 6.04 Å². The fourth-order valence-corrected chi connectivity index (χ4v) is 3.13. The molecule has 2 amide bonds. The highest BCUT2D eigenvalue weighted by molar-refractivity contribution is 6.06. The number of carbonyl (C=O) groups is 2. The first-order valence-corrected chi connectivity index (χ1v) is 7.08. The van der Waals surface area contributed by atoms with Crippen molar-refractivity contribution in [2.24, 2.45) is 0 Å². The molecule has 1 fully saturated rings. The van der Waals surface area contributed by atoms with Crippen molar-refractivity contribution in [3.63, 3.8) is 0 Å². The molecule has 1 atom stereocenters. The second-order valence-electron chi connectivity index (χ2n) is 5.38. The molecule has 1 aromatic carbocycles. The summed E-state index contributed by atoms with van der Waals surface area (Å²) in [6.45, 7) is 3.31. The highest BCUT2D eigenvalue weighted by atomic mass is 16.2. The van der Waals surface area contributed by atoms with Crippen LogP contribution in [0.15, 0.2) is 24.3 Å². The van der Waals surface area contributed by atoms with E-state index in [1.807, 2.05) is 29.2 Å². The van der Waals surface area contributed by atoms with Crippen LogP contribution < -0.4 is 15.5 Å². The van der Waals surface area contributed by atoms with Crippen molar-refractivity contribution in [3.8, 4) is 0 Å². The number of hydrogen-bond acceptors (Lipinski definition) is 3. The molecular formula is C15H19N3O2. The van der Waals surface area contributed by atoms with Crippen LogP contribution in [0.5, 0.6) is 0 Å². The highest BCUT2D eigenvalue weighted by Gasteiger charge is 2.41. The van der Waals surface area contributed by atoms with Gasteiger partial charge in [-0.3, -0.25) is 9.59 Å². The molecule has 1 saturated heterocycles. The fourth-order valence-electron chi connectivity index (χ4n) is 3.13. The second-order valence-corrected chi connectivity index (χ2v) is 5.38. The molecule has 106 valence electrons. The van der Waals surface area contributed by atoms with Crippen LogP contribution in [0, 0.1) is 0 Å². The van der Waals surface area contributed by atoms with Crippen molar-refractivity contribution in [2.45, 2.75) is 31.8 Å². The van der Waals surface area contributed by atoms with Crippen LogP contribution in [0.1, 0.15) is 31.4 Å². The summed E-state index contributed by atoms with van der Waals surface area (Å²) in [6.07, 6.45) is 1.90. The zero-order chi connectivity index (χ0) is 14.1. The van der Waals surface area contributed by atoms with Gasteiger partial charge in [0.25, 0.3) is 5.91 Å². The van der Waals surface area contributed by atoms with E-state index >= 15 is 0 Å². The molecule has 1 aromatic rings. The van der Waals surface area contributed by atoms with Gasteiger partial charge in [0.1, 0.15) is 6.04 Å². The summed E-state index contributed by atoms with van der Waals surface area (Å²) >= 11 is 0. The minimum Gasteiger partial charge on any atom is -0.341 e. The van der Waals surface area contributed by atoms with Crippen LogP contribution in [0.3, 0.4) is 0 Å². The van der Waals surface area contributed by atoms with Gasteiger partial charge in [-0.25, -0.2) is 0 Å². The average molecular weight is 273 g/mol.